The van der Waals surface area contributed by atoms with Gasteiger partial charge in [-0.2, -0.15) is 4.98 Å². The standard InChI is InChI=1S/C18H13F3N2O4/c1-26-16-8-11(4-7-15(16)24)14-9-13(22-17(25)23-14)10-2-5-12(6-3-10)27-18(19,20)21/h2-9,24H,1H3,(H,22,23,25). The topological polar surface area (TPSA) is 84.4 Å². The molecule has 0 aliphatic carbocycles. The number of nitrogens with zero attached hydrogens (tertiary/aromatic N) is 1. The molecule has 0 unspecified atom stereocenters. The Hall–Kier alpha value is -3.49. The fourth-order valence-electron chi connectivity index (χ4n) is 2.43. The van der Waals surface area contributed by atoms with E-state index < -0.39 is 12.1 Å². The molecule has 140 valence electrons. The van der Waals surface area contributed by atoms with Crippen molar-refractivity contribution in [2.75, 3.05) is 7.11 Å². The fourth-order valence-corrected chi connectivity index (χ4v) is 2.43. The number of phenolic OH excluding ortho intramolecular Hbond substituents is 1. The van der Waals surface area contributed by atoms with Gasteiger partial charge in [-0.25, -0.2) is 4.79 Å². The second-order valence-electron chi connectivity index (χ2n) is 5.44. The van der Waals surface area contributed by atoms with E-state index in [0.29, 0.717) is 16.8 Å². The van der Waals surface area contributed by atoms with Crippen LogP contribution in [-0.4, -0.2) is 28.5 Å². The lowest BCUT2D eigenvalue weighted by atomic mass is 10.1. The van der Waals surface area contributed by atoms with Crippen LogP contribution in [0.15, 0.2) is 53.3 Å². The van der Waals surface area contributed by atoms with Crippen LogP contribution in [0.5, 0.6) is 17.2 Å². The molecule has 0 spiro atoms. The van der Waals surface area contributed by atoms with Crippen molar-refractivity contribution in [2.45, 2.75) is 6.36 Å². The molecule has 27 heavy (non-hydrogen) atoms. The van der Waals surface area contributed by atoms with Gasteiger partial charge in [0.25, 0.3) is 0 Å². The van der Waals surface area contributed by atoms with Crippen LogP contribution in [0.25, 0.3) is 22.5 Å². The number of hydrogen-bond acceptors (Lipinski definition) is 5. The van der Waals surface area contributed by atoms with Crippen molar-refractivity contribution in [3.8, 4) is 39.8 Å². The normalized spacial score (nSPS) is 11.3. The molecule has 0 aliphatic rings. The number of halogens is 3. The van der Waals surface area contributed by atoms with E-state index >= 15 is 0 Å². The van der Waals surface area contributed by atoms with E-state index in [0.717, 1.165) is 12.1 Å². The largest absolute Gasteiger partial charge is 0.573 e. The highest BCUT2D eigenvalue weighted by atomic mass is 19.4. The third-order valence-electron chi connectivity index (χ3n) is 3.62. The number of methoxy groups -OCH3 is 1. The highest BCUT2D eigenvalue weighted by Gasteiger charge is 2.31. The molecular weight excluding hydrogens is 365 g/mol. The smallest absolute Gasteiger partial charge is 0.504 e. The monoisotopic (exact) mass is 378 g/mol. The van der Waals surface area contributed by atoms with E-state index in [9.17, 15) is 23.1 Å². The van der Waals surface area contributed by atoms with E-state index in [1.807, 2.05) is 0 Å². The maximum atomic E-state index is 12.2. The van der Waals surface area contributed by atoms with E-state index in [1.165, 1.54) is 31.4 Å². The van der Waals surface area contributed by atoms with Gasteiger partial charge in [-0.15, -0.1) is 13.2 Å². The van der Waals surface area contributed by atoms with Crippen molar-refractivity contribution in [3.05, 3.63) is 59.0 Å². The third-order valence-corrected chi connectivity index (χ3v) is 3.62. The van der Waals surface area contributed by atoms with Crippen molar-refractivity contribution in [2.24, 2.45) is 0 Å². The first-order valence-corrected chi connectivity index (χ1v) is 7.60. The molecule has 2 N–H and O–H groups in total. The van der Waals surface area contributed by atoms with Crippen LogP contribution in [0, 0.1) is 0 Å². The van der Waals surface area contributed by atoms with Crippen molar-refractivity contribution >= 4 is 0 Å². The number of aromatic nitrogens is 2. The third kappa shape index (κ3) is 4.38. The maximum Gasteiger partial charge on any atom is 0.573 e. The fraction of sp³-hybridized carbons (Fsp3) is 0.111. The summed E-state index contributed by atoms with van der Waals surface area (Å²) in [7, 11) is 1.39. The summed E-state index contributed by atoms with van der Waals surface area (Å²) in [6, 6.07) is 11.1. The minimum Gasteiger partial charge on any atom is -0.504 e. The molecular formula is C18H13F3N2O4. The summed E-state index contributed by atoms with van der Waals surface area (Å²) in [4.78, 5) is 18.3. The Kier molecular flexibility index (Phi) is 4.76. The summed E-state index contributed by atoms with van der Waals surface area (Å²) >= 11 is 0. The van der Waals surface area contributed by atoms with Gasteiger partial charge in [0.05, 0.1) is 18.5 Å². The molecule has 0 atom stereocenters. The predicted molar refractivity (Wildman–Crippen MR) is 90.6 cm³/mol. The molecule has 0 bridgehead atoms. The molecule has 0 radical (unpaired) electrons. The van der Waals surface area contributed by atoms with Gasteiger partial charge in [-0.3, -0.25) is 0 Å². The highest BCUT2D eigenvalue weighted by Crippen LogP contribution is 2.31. The Balaban J connectivity index is 1.97. The van der Waals surface area contributed by atoms with Gasteiger partial charge in [-0.05, 0) is 48.5 Å². The van der Waals surface area contributed by atoms with Crippen LogP contribution in [0.3, 0.4) is 0 Å². The second kappa shape index (κ2) is 7.02. The molecule has 0 amide bonds. The Morgan fingerprint density at radius 2 is 1.70 bits per heavy atom. The van der Waals surface area contributed by atoms with Crippen LogP contribution in [0.2, 0.25) is 0 Å². The lowest BCUT2D eigenvalue weighted by molar-refractivity contribution is -0.274. The van der Waals surface area contributed by atoms with Crippen molar-refractivity contribution in [1.29, 1.82) is 0 Å². The average Bonchev–Trinajstić information content (AvgIpc) is 2.61. The minimum absolute atomic E-state index is 0.0573. The van der Waals surface area contributed by atoms with Gasteiger partial charge >= 0.3 is 12.1 Å². The van der Waals surface area contributed by atoms with Crippen molar-refractivity contribution in [1.82, 2.24) is 9.97 Å². The van der Waals surface area contributed by atoms with Gasteiger partial charge in [0.1, 0.15) is 5.75 Å². The molecule has 2 aromatic carbocycles. The van der Waals surface area contributed by atoms with Crippen LogP contribution in [-0.2, 0) is 0 Å². The number of alkyl halides is 3. The first-order valence-electron chi connectivity index (χ1n) is 7.60. The molecule has 1 heterocycles. The Morgan fingerprint density at radius 1 is 1.04 bits per heavy atom. The first kappa shape index (κ1) is 18.3. The van der Waals surface area contributed by atoms with Gasteiger partial charge < -0.3 is 19.6 Å². The number of rotatable bonds is 4. The highest BCUT2D eigenvalue weighted by molar-refractivity contribution is 5.69. The summed E-state index contributed by atoms with van der Waals surface area (Å²) in [5, 5.41) is 9.67. The summed E-state index contributed by atoms with van der Waals surface area (Å²) < 4.78 is 45.6. The van der Waals surface area contributed by atoms with Crippen LogP contribution >= 0.6 is 0 Å². The Morgan fingerprint density at radius 3 is 2.33 bits per heavy atom. The summed E-state index contributed by atoms with van der Waals surface area (Å²) in [6.07, 6.45) is -4.78. The zero-order chi connectivity index (χ0) is 19.6. The van der Waals surface area contributed by atoms with Crippen LogP contribution in [0.1, 0.15) is 0 Å². The zero-order valence-electron chi connectivity index (χ0n) is 13.9. The number of ether oxygens (including phenoxy) is 2. The lowest BCUT2D eigenvalue weighted by Gasteiger charge is -2.10. The molecule has 0 fully saturated rings. The van der Waals surface area contributed by atoms with Crippen molar-refractivity contribution in [3.63, 3.8) is 0 Å². The van der Waals surface area contributed by atoms with Gasteiger partial charge in [-0.1, -0.05) is 0 Å². The number of phenols is 1. The van der Waals surface area contributed by atoms with Gasteiger partial charge in [0.15, 0.2) is 11.5 Å². The minimum atomic E-state index is -4.78. The molecule has 1 aromatic heterocycles. The first-order chi connectivity index (χ1) is 12.7. The van der Waals surface area contributed by atoms with E-state index in [2.05, 4.69) is 14.7 Å². The quantitative estimate of drug-likeness (QED) is 0.723. The average molecular weight is 378 g/mol. The van der Waals surface area contributed by atoms with Crippen molar-refractivity contribution < 1.29 is 27.8 Å². The molecule has 3 aromatic rings. The number of hydrogen-bond donors (Lipinski definition) is 2. The molecule has 9 heteroatoms. The van der Waals surface area contributed by atoms with E-state index in [4.69, 9.17) is 4.74 Å². The summed E-state index contributed by atoms with van der Waals surface area (Å²) in [5.74, 6) is -0.210. The molecule has 3 rings (SSSR count). The molecule has 0 saturated carbocycles. The Bertz CT molecular complexity index is 1010. The van der Waals surface area contributed by atoms with Crippen LogP contribution in [0.4, 0.5) is 13.2 Å². The van der Waals surface area contributed by atoms with Crippen LogP contribution < -0.4 is 15.2 Å². The number of aromatic hydroxyl groups is 1. The molecule has 0 saturated heterocycles. The number of nitrogens with one attached hydrogen (secondary N) is 1. The number of aromatic amines is 1. The molecule has 6 nitrogen and oxygen atoms in total. The lowest BCUT2D eigenvalue weighted by Crippen LogP contribution is -2.17. The zero-order valence-corrected chi connectivity index (χ0v) is 13.9. The SMILES string of the molecule is COc1cc(-c2cc(-c3ccc(OC(F)(F)F)cc3)nc(=O)[nH]2)ccc1O. The predicted octanol–water partition coefficient (Wildman–Crippen LogP) is 3.72. The summed E-state index contributed by atoms with van der Waals surface area (Å²) in [6.45, 7) is 0. The van der Waals surface area contributed by atoms with Gasteiger partial charge in [0, 0.05) is 11.1 Å². The van der Waals surface area contributed by atoms with Gasteiger partial charge in [0.2, 0.25) is 0 Å². The maximum absolute atomic E-state index is 12.2. The summed E-state index contributed by atoms with van der Waals surface area (Å²) in [5.41, 5.74) is 1.02. The Labute approximate surface area is 150 Å². The number of benzene rings is 2. The second-order valence-corrected chi connectivity index (χ2v) is 5.44. The van der Waals surface area contributed by atoms with E-state index in [-0.39, 0.29) is 22.9 Å². The number of H-pyrrole nitrogens is 1. The van der Waals surface area contributed by atoms with E-state index in [1.54, 1.807) is 12.1 Å². The molecule has 0 aliphatic heterocycles.